The smallest absolute Gasteiger partial charge is 0.191 e. The number of aromatic hydroxyl groups is 1. The van der Waals surface area contributed by atoms with Gasteiger partial charge in [0.1, 0.15) is 11.3 Å². The van der Waals surface area contributed by atoms with Crippen molar-refractivity contribution < 1.29 is 9.90 Å². The zero-order valence-electron chi connectivity index (χ0n) is 20.9. The lowest BCUT2D eigenvalue weighted by molar-refractivity contribution is 0.0913. The van der Waals surface area contributed by atoms with Crippen LogP contribution in [0.5, 0.6) is 5.75 Å². The molecule has 2 aliphatic rings. The number of Topliss-reactive ketones (excluding diaryl/α,β-unsaturated/α-hetero) is 1. The predicted octanol–water partition coefficient (Wildman–Crippen LogP) is 4.21. The van der Waals surface area contributed by atoms with E-state index in [9.17, 15) is 9.90 Å². The number of nitrogens with zero attached hydrogens (tertiary/aromatic N) is 3. The second-order valence-corrected chi connectivity index (χ2v) is 11.0. The number of dihydropyridines is 1. The molecule has 1 aromatic carbocycles. The van der Waals surface area contributed by atoms with Gasteiger partial charge in [-0.25, -0.2) is 0 Å². The number of hydrogen-bond donors (Lipinski definition) is 3. The van der Waals surface area contributed by atoms with Crippen molar-refractivity contribution in [2.45, 2.75) is 70.1 Å². The first-order valence-corrected chi connectivity index (χ1v) is 11.8. The Balaban J connectivity index is 1.52. The van der Waals surface area contributed by atoms with Crippen LogP contribution in [0.4, 0.5) is 5.82 Å². The van der Waals surface area contributed by atoms with E-state index in [0.717, 1.165) is 18.7 Å². The summed E-state index contributed by atoms with van der Waals surface area (Å²) in [5, 5.41) is 26.3. The molecule has 4 rings (SSSR count). The van der Waals surface area contributed by atoms with E-state index in [1.807, 2.05) is 37.3 Å². The fourth-order valence-electron chi connectivity index (χ4n) is 5.29. The average molecular weight is 462 g/mol. The molecule has 7 heteroatoms. The SMILES string of the molecule is CN(c1ccc(-c2ccc(C(=O)C3(C)C=CC=CN3)cc2O)nn1)C1CC(C)(C)NC(C)(C)C1. The summed E-state index contributed by atoms with van der Waals surface area (Å²) in [6.07, 6.45) is 9.24. The number of hydrogen-bond acceptors (Lipinski definition) is 7. The molecule has 0 bridgehead atoms. The van der Waals surface area contributed by atoms with Gasteiger partial charge in [0, 0.05) is 35.3 Å². The number of aromatic nitrogens is 2. The summed E-state index contributed by atoms with van der Waals surface area (Å²) >= 11 is 0. The van der Waals surface area contributed by atoms with Crippen LogP contribution in [0.25, 0.3) is 11.3 Å². The molecular weight excluding hydrogens is 426 g/mol. The van der Waals surface area contributed by atoms with Crippen molar-refractivity contribution in [3.8, 4) is 17.0 Å². The van der Waals surface area contributed by atoms with E-state index in [2.05, 4.69) is 60.5 Å². The van der Waals surface area contributed by atoms with E-state index >= 15 is 0 Å². The highest BCUT2D eigenvalue weighted by molar-refractivity contribution is 6.05. The molecule has 1 aromatic heterocycles. The van der Waals surface area contributed by atoms with Gasteiger partial charge in [-0.05, 0) is 84.0 Å². The Labute approximate surface area is 202 Å². The Morgan fingerprint density at radius 3 is 2.29 bits per heavy atom. The van der Waals surface area contributed by atoms with Crippen molar-refractivity contribution in [3.63, 3.8) is 0 Å². The van der Waals surface area contributed by atoms with Crippen LogP contribution in [0, 0.1) is 0 Å². The van der Waals surface area contributed by atoms with Gasteiger partial charge in [0.15, 0.2) is 11.6 Å². The van der Waals surface area contributed by atoms with E-state index in [1.54, 1.807) is 18.3 Å². The third-order valence-corrected chi connectivity index (χ3v) is 6.76. The molecule has 0 saturated carbocycles. The van der Waals surface area contributed by atoms with Gasteiger partial charge in [0.05, 0.1) is 5.69 Å². The highest BCUT2D eigenvalue weighted by Crippen LogP contribution is 2.34. The number of anilines is 1. The van der Waals surface area contributed by atoms with Crippen LogP contribution in [0.3, 0.4) is 0 Å². The number of phenolic OH excluding ortho intramolecular Hbond substituents is 1. The Hall–Kier alpha value is -3.19. The maximum Gasteiger partial charge on any atom is 0.191 e. The monoisotopic (exact) mass is 461 g/mol. The predicted molar refractivity (Wildman–Crippen MR) is 136 cm³/mol. The summed E-state index contributed by atoms with van der Waals surface area (Å²) in [5.74, 6) is 0.678. The van der Waals surface area contributed by atoms with Crippen molar-refractivity contribution in [2.75, 3.05) is 11.9 Å². The number of carbonyl (C=O) groups excluding carboxylic acids is 1. The Morgan fingerprint density at radius 2 is 1.74 bits per heavy atom. The first-order chi connectivity index (χ1) is 15.9. The summed E-state index contributed by atoms with van der Waals surface area (Å²) in [4.78, 5) is 15.2. The van der Waals surface area contributed by atoms with Gasteiger partial charge in [0.2, 0.25) is 0 Å². The number of ketones is 1. The van der Waals surface area contributed by atoms with E-state index in [1.165, 1.54) is 6.07 Å². The maximum absolute atomic E-state index is 13.0. The van der Waals surface area contributed by atoms with Crippen molar-refractivity contribution in [1.82, 2.24) is 20.8 Å². The van der Waals surface area contributed by atoms with Gasteiger partial charge >= 0.3 is 0 Å². The number of allylic oxidation sites excluding steroid dienone is 2. The quantitative estimate of drug-likeness (QED) is 0.575. The molecule has 0 radical (unpaired) electrons. The van der Waals surface area contributed by atoms with Gasteiger partial charge in [-0.3, -0.25) is 4.79 Å². The Kier molecular flexibility index (Phi) is 6.02. The fourth-order valence-corrected chi connectivity index (χ4v) is 5.29. The molecule has 1 fully saturated rings. The summed E-state index contributed by atoms with van der Waals surface area (Å²) in [6, 6.07) is 9.08. The van der Waals surface area contributed by atoms with Crippen LogP contribution in [0.15, 0.2) is 54.8 Å². The van der Waals surface area contributed by atoms with Crippen LogP contribution < -0.4 is 15.5 Å². The molecule has 2 aromatic rings. The van der Waals surface area contributed by atoms with Crippen molar-refractivity contribution in [1.29, 1.82) is 0 Å². The lowest BCUT2D eigenvalue weighted by atomic mass is 9.79. The van der Waals surface area contributed by atoms with Gasteiger partial charge in [-0.2, -0.15) is 0 Å². The van der Waals surface area contributed by atoms with E-state index < -0.39 is 5.54 Å². The van der Waals surface area contributed by atoms with Crippen molar-refractivity contribution in [3.05, 3.63) is 60.3 Å². The zero-order chi connectivity index (χ0) is 24.7. The third-order valence-electron chi connectivity index (χ3n) is 6.76. The van der Waals surface area contributed by atoms with Crippen LogP contribution in [0.1, 0.15) is 57.8 Å². The minimum absolute atomic E-state index is 0.00189. The summed E-state index contributed by atoms with van der Waals surface area (Å²) in [5.41, 5.74) is 0.762. The second kappa shape index (κ2) is 8.55. The molecule has 0 amide bonds. The average Bonchev–Trinajstić information content (AvgIpc) is 2.76. The van der Waals surface area contributed by atoms with Gasteiger partial charge in [-0.1, -0.05) is 18.2 Å². The standard InChI is InChI=1S/C27H35N5O2/c1-25(2)16-19(17-26(3,4)31-25)32(6)23-12-11-21(29-30-23)20-10-9-18(15-22(20)33)24(34)27(5)13-7-8-14-28-27/h7-15,19,28,31,33H,16-17H2,1-6H3. The lowest BCUT2D eigenvalue weighted by Crippen LogP contribution is -2.62. The van der Waals surface area contributed by atoms with Gasteiger partial charge in [0.25, 0.3) is 0 Å². The normalized spacial score (nSPS) is 23.4. The number of piperidine rings is 1. The van der Waals surface area contributed by atoms with Gasteiger partial charge < -0.3 is 20.6 Å². The molecule has 1 unspecified atom stereocenters. The first kappa shape index (κ1) is 24.0. The molecule has 34 heavy (non-hydrogen) atoms. The number of rotatable bonds is 5. The molecule has 3 N–H and O–H groups in total. The number of benzene rings is 1. The molecule has 3 heterocycles. The number of nitrogens with one attached hydrogen (secondary N) is 2. The molecule has 1 saturated heterocycles. The number of phenols is 1. The lowest BCUT2D eigenvalue weighted by Gasteiger charge is -2.49. The largest absolute Gasteiger partial charge is 0.507 e. The summed E-state index contributed by atoms with van der Waals surface area (Å²) in [7, 11) is 2.06. The minimum Gasteiger partial charge on any atom is -0.507 e. The minimum atomic E-state index is -0.841. The van der Waals surface area contributed by atoms with Crippen LogP contribution in [-0.2, 0) is 0 Å². The third kappa shape index (κ3) is 4.85. The topological polar surface area (TPSA) is 90.4 Å². The molecular formula is C27H35N5O2. The number of carbonyl (C=O) groups is 1. The second-order valence-electron chi connectivity index (χ2n) is 11.0. The molecule has 0 spiro atoms. The van der Waals surface area contributed by atoms with E-state index in [0.29, 0.717) is 22.9 Å². The van der Waals surface area contributed by atoms with Crippen LogP contribution in [-0.4, -0.2) is 50.8 Å². The molecule has 0 aliphatic carbocycles. The maximum atomic E-state index is 13.0. The van der Waals surface area contributed by atoms with Crippen LogP contribution in [0.2, 0.25) is 0 Å². The first-order valence-electron chi connectivity index (χ1n) is 11.8. The molecule has 180 valence electrons. The summed E-state index contributed by atoms with van der Waals surface area (Å²) < 4.78 is 0. The highest BCUT2D eigenvalue weighted by Gasteiger charge is 2.39. The Morgan fingerprint density at radius 1 is 1.03 bits per heavy atom. The van der Waals surface area contributed by atoms with Gasteiger partial charge in [-0.15, -0.1) is 10.2 Å². The fraction of sp³-hybridized carbons (Fsp3) is 0.444. The zero-order valence-corrected chi connectivity index (χ0v) is 20.9. The van der Waals surface area contributed by atoms with E-state index in [4.69, 9.17) is 0 Å². The van der Waals surface area contributed by atoms with E-state index in [-0.39, 0.29) is 22.6 Å². The molecule has 1 atom stereocenters. The Bertz CT molecular complexity index is 1120. The van der Waals surface area contributed by atoms with Crippen molar-refractivity contribution in [2.24, 2.45) is 0 Å². The molecule has 7 nitrogen and oxygen atoms in total. The van der Waals surface area contributed by atoms with Crippen molar-refractivity contribution >= 4 is 11.6 Å². The highest BCUT2D eigenvalue weighted by atomic mass is 16.3. The molecule has 2 aliphatic heterocycles. The summed E-state index contributed by atoms with van der Waals surface area (Å²) in [6.45, 7) is 10.7. The van der Waals surface area contributed by atoms with Crippen LogP contribution >= 0.6 is 0 Å².